The molecule has 10 heteroatoms. The standard InChI is InChI=1S/C22H23Cl2N5O3/c1-12(2)19(22(31)32)27-21(30)15-4-3-8-29(15)17-10-16(28-9-7-25-11-28)13-5-6-14(23)18(24)20(13)26-17/h5-7,9-12,15,19H,3-4,8H2,1-2H3,(H,27,30)(H,31,32)/t15-,19-/m0/s1. The van der Waals surface area contributed by atoms with Crippen molar-refractivity contribution in [1.29, 1.82) is 0 Å². The number of hydrogen-bond donors (Lipinski definition) is 2. The Morgan fingerprint density at radius 1 is 1.28 bits per heavy atom. The maximum absolute atomic E-state index is 13.0. The molecule has 0 unspecified atom stereocenters. The number of carboxylic acids is 1. The van der Waals surface area contributed by atoms with Gasteiger partial charge in [-0.05, 0) is 30.9 Å². The van der Waals surface area contributed by atoms with Crippen molar-refractivity contribution in [1.82, 2.24) is 19.9 Å². The molecule has 1 aliphatic rings. The third-order valence-corrected chi connectivity index (χ3v) is 6.49. The van der Waals surface area contributed by atoms with Crippen LogP contribution in [0.3, 0.4) is 0 Å². The van der Waals surface area contributed by atoms with Gasteiger partial charge in [0.15, 0.2) is 0 Å². The summed E-state index contributed by atoms with van der Waals surface area (Å²) in [5.41, 5.74) is 1.33. The van der Waals surface area contributed by atoms with E-state index in [2.05, 4.69) is 10.3 Å². The Balaban J connectivity index is 1.76. The Morgan fingerprint density at radius 2 is 2.06 bits per heavy atom. The second-order valence-corrected chi connectivity index (χ2v) is 8.93. The number of carboxylic acid groups (broad SMARTS) is 1. The number of carbonyl (C=O) groups is 2. The van der Waals surface area contributed by atoms with E-state index in [1.54, 1.807) is 32.4 Å². The fraction of sp³-hybridized carbons (Fsp3) is 0.364. The van der Waals surface area contributed by atoms with Gasteiger partial charge in [0.1, 0.15) is 17.9 Å². The first-order valence-electron chi connectivity index (χ1n) is 10.3. The van der Waals surface area contributed by atoms with Crippen molar-refractivity contribution in [2.45, 2.75) is 38.8 Å². The first-order valence-corrected chi connectivity index (χ1v) is 11.1. The van der Waals surface area contributed by atoms with E-state index in [4.69, 9.17) is 28.2 Å². The molecule has 2 atom stereocenters. The van der Waals surface area contributed by atoms with Crippen LogP contribution in [0.15, 0.2) is 36.9 Å². The van der Waals surface area contributed by atoms with Crippen LogP contribution in [0, 0.1) is 5.92 Å². The second kappa shape index (κ2) is 8.96. The molecule has 0 spiro atoms. The van der Waals surface area contributed by atoms with Gasteiger partial charge >= 0.3 is 5.97 Å². The fourth-order valence-corrected chi connectivity index (χ4v) is 4.40. The molecule has 0 bridgehead atoms. The van der Waals surface area contributed by atoms with Gasteiger partial charge in [-0.3, -0.25) is 4.79 Å². The SMILES string of the molecule is CC(C)[C@H](NC(=O)[C@@H]1CCCN1c1cc(-n2ccnc2)c2ccc(Cl)c(Cl)c2n1)C(=O)O. The predicted octanol–water partition coefficient (Wildman–Crippen LogP) is 3.92. The van der Waals surface area contributed by atoms with Crippen LogP contribution in [0.25, 0.3) is 16.6 Å². The molecule has 4 rings (SSSR count). The van der Waals surface area contributed by atoms with Crippen LogP contribution < -0.4 is 10.2 Å². The van der Waals surface area contributed by atoms with E-state index < -0.39 is 18.1 Å². The molecule has 3 heterocycles. The van der Waals surface area contributed by atoms with Crippen LogP contribution >= 0.6 is 23.2 Å². The highest BCUT2D eigenvalue weighted by atomic mass is 35.5. The summed E-state index contributed by atoms with van der Waals surface area (Å²) in [7, 11) is 0. The first-order chi connectivity index (χ1) is 15.3. The zero-order chi connectivity index (χ0) is 23.0. The summed E-state index contributed by atoms with van der Waals surface area (Å²) in [5.74, 6) is -1.05. The van der Waals surface area contributed by atoms with Gasteiger partial charge in [-0.25, -0.2) is 14.8 Å². The highest BCUT2D eigenvalue weighted by Gasteiger charge is 2.35. The molecular weight excluding hydrogens is 453 g/mol. The van der Waals surface area contributed by atoms with Gasteiger partial charge in [-0.2, -0.15) is 0 Å². The van der Waals surface area contributed by atoms with E-state index >= 15 is 0 Å². The van der Waals surface area contributed by atoms with Crippen LogP contribution in [0.4, 0.5) is 5.82 Å². The van der Waals surface area contributed by atoms with Crippen molar-refractivity contribution in [3.8, 4) is 5.69 Å². The number of hydrogen-bond acceptors (Lipinski definition) is 5. The van der Waals surface area contributed by atoms with Crippen LogP contribution in [0.1, 0.15) is 26.7 Å². The van der Waals surface area contributed by atoms with E-state index in [1.807, 2.05) is 27.8 Å². The summed E-state index contributed by atoms with van der Waals surface area (Å²) in [5, 5.41) is 13.7. The maximum atomic E-state index is 13.0. The summed E-state index contributed by atoms with van der Waals surface area (Å²) in [6, 6.07) is 3.97. The number of nitrogens with zero attached hydrogens (tertiary/aromatic N) is 4. The van der Waals surface area contributed by atoms with Gasteiger partial charge < -0.3 is 19.9 Å². The van der Waals surface area contributed by atoms with Crippen LogP contribution in [-0.2, 0) is 9.59 Å². The molecule has 8 nitrogen and oxygen atoms in total. The number of aliphatic carboxylic acids is 1. The third kappa shape index (κ3) is 4.12. The minimum Gasteiger partial charge on any atom is -0.480 e. The van der Waals surface area contributed by atoms with E-state index in [0.717, 1.165) is 17.5 Å². The van der Waals surface area contributed by atoms with Gasteiger partial charge in [-0.1, -0.05) is 37.0 Å². The highest BCUT2D eigenvalue weighted by molar-refractivity contribution is 6.45. The smallest absolute Gasteiger partial charge is 0.326 e. The van der Waals surface area contributed by atoms with Crippen molar-refractivity contribution in [2.24, 2.45) is 5.92 Å². The monoisotopic (exact) mass is 475 g/mol. The number of amides is 1. The van der Waals surface area contributed by atoms with E-state index in [9.17, 15) is 14.7 Å². The molecule has 0 radical (unpaired) electrons. The highest BCUT2D eigenvalue weighted by Crippen LogP contribution is 2.36. The van der Waals surface area contributed by atoms with Gasteiger partial charge in [-0.15, -0.1) is 0 Å². The van der Waals surface area contributed by atoms with Crippen LogP contribution in [-0.4, -0.2) is 50.1 Å². The lowest BCUT2D eigenvalue weighted by atomic mass is 10.0. The molecule has 2 N–H and O–H groups in total. The Bertz CT molecular complexity index is 1170. The van der Waals surface area contributed by atoms with Crippen LogP contribution in [0.2, 0.25) is 10.0 Å². The zero-order valence-corrected chi connectivity index (χ0v) is 19.1. The van der Waals surface area contributed by atoms with E-state index in [0.29, 0.717) is 34.3 Å². The number of rotatable bonds is 6. The number of fused-ring (bicyclic) bond motifs is 1. The average Bonchev–Trinajstić information content (AvgIpc) is 3.45. The Morgan fingerprint density at radius 3 is 2.72 bits per heavy atom. The predicted molar refractivity (Wildman–Crippen MR) is 124 cm³/mol. The van der Waals surface area contributed by atoms with Gasteiger partial charge in [0, 0.05) is 30.4 Å². The molecule has 1 saturated heterocycles. The average molecular weight is 476 g/mol. The molecule has 32 heavy (non-hydrogen) atoms. The normalized spacial score (nSPS) is 17.2. The molecule has 0 aliphatic carbocycles. The van der Waals surface area contributed by atoms with Crippen molar-refractivity contribution in [3.05, 3.63) is 47.0 Å². The molecule has 168 valence electrons. The molecule has 1 aliphatic heterocycles. The summed E-state index contributed by atoms with van der Waals surface area (Å²) in [4.78, 5) is 35.4. The maximum Gasteiger partial charge on any atom is 0.326 e. The topological polar surface area (TPSA) is 100 Å². The number of imidazole rings is 1. The summed E-state index contributed by atoms with van der Waals surface area (Å²) in [6.45, 7) is 4.14. The van der Waals surface area contributed by atoms with Crippen LogP contribution in [0.5, 0.6) is 0 Å². The number of nitrogens with one attached hydrogen (secondary N) is 1. The molecular formula is C22H23Cl2N5O3. The molecule has 0 saturated carbocycles. The van der Waals surface area contributed by atoms with Gasteiger partial charge in [0.05, 0.1) is 27.6 Å². The lowest BCUT2D eigenvalue weighted by Gasteiger charge is -2.28. The molecule has 3 aromatic rings. The summed E-state index contributed by atoms with van der Waals surface area (Å²) < 4.78 is 1.85. The minimum atomic E-state index is -1.05. The Kier molecular flexibility index (Phi) is 6.26. The third-order valence-electron chi connectivity index (χ3n) is 5.70. The molecule has 1 amide bonds. The molecule has 1 fully saturated rings. The number of halogens is 2. The Labute approximate surface area is 195 Å². The van der Waals surface area contributed by atoms with Gasteiger partial charge in [0.2, 0.25) is 5.91 Å². The Hall–Kier alpha value is -2.84. The number of anilines is 1. The second-order valence-electron chi connectivity index (χ2n) is 8.15. The molecule has 1 aromatic carbocycles. The summed E-state index contributed by atoms with van der Waals surface area (Å²) >= 11 is 12.7. The number of benzene rings is 1. The van der Waals surface area contributed by atoms with Crippen molar-refractivity contribution >= 4 is 51.8 Å². The van der Waals surface area contributed by atoms with Gasteiger partial charge in [0.25, 0.3) is 0 Å². The van der Waals surface area contributed by atoms with Crippen molar-refractivity contribution < 1.29 is 14.7 Å². The lowest BCUT2D eigenvalue weighted by Crippen LogP contribution is -2.51. The van der Waals surface area contributed by atoms with Crippen molar-refractivity contribution in [3.63, 3.8) is 0 Å². The lowest BCUT2D eigenvalue weighted by molar-refractivity contribution is -0.143. The first kappa shape index (κ1) is 22.4. The number of carbonyl (C=O) groups excluding carboxylic acids is 1. The van der Waals surface area contributed by atoms with Crippen molar-refractivity contribution in [2.75, 3.05) is 11.4 Å². The number of aromatic nitrogens is 3. The fourth-order valence-electron chi connectivity index (χ4n) is 4.04. The largest absolute Gasteiger partial charge is 0.480 e. The molecule has 2 aromatic heterocycles. The zero-order valence-electron chi connectivity index (χ0n) is 17.6. The minimum absolute atomic E-state index is 0.237. The van der Waals surface area contributed by atoms with E-state index in [1.165, 1.54) is 0 Å². The summed E-state index contributed by atoms with van der Waals surface area (Å²) in [6.07, 6.45) is 6.54. The quantitative estimate of drug-likeness (QED) is 0.560. The number of pyridine rings is 1. The van der Waals surface area contributed by atoms with E-state index in [-0.39, 0.29) is 11.8 Å².